The molecule has 0 amide bonds. The van der Waals surface area contributed by atoms with Gasteiger partial charge in [-0.2, -0.15) is 0 Å². The predicted molar refractivity (Wildman–Crippen MR) is 74.8 cm³/mol. The van der Waals surface area contributed by atoms with E-state index in [-0.39, 0.29) is 0 Å². The molecule has 1 aromatic carbocycles. The number of methoxy groups -OCH3 is 1. The van der Waals surface area contributed by atoms with Crippen LogP contribution in [0.5, 0.6) is 5.75 Å². The van der Waals surface area contributed by atoms with Gasteiger partial charge in [0.1, 0.15) is 5.75 Å². The first kappa shape index (κ1) is 13.2. The van der Waals surface area contributed by atoms with Crippen molar-refractivity contribution in [3.63, 3.8) is 0 Å². The molecule has 0 unspecified atom stereocenters. The fraction of sp³-hybridized carbons (Fsp3) is 0.538. The van der Waals surface area contributed by atoms with E-state index in [1.807, 2.05) is 12.1 Å². The van der Waals surface area contributed by atoms with Crippen molar-refractivity contribution in [3.05, 3.63) is 28.2 Å². The van der Waals surface area contributed by atoms with Crippen LogP contribution in [0.4, 0.5) is 0 Å². The summed E-state index contributed by atoms with van der Waals surface area (Å²) in [6, 6.07) is 6.07. The van der Waals surface area contributed by atoms with Gasteiger partial charge < -0.3 is 10.1 Å². The second kappa shape index (κ2) is 6.07. The lowest BCUT2D eigenvalue weighted by molar-refractivity contribution is 0.307. The molecule has 1 aromatic rings. The monoisotopic (exact) mass is 317 g/mol. The van der Waals surface area contributed by atoms with Crippen molar-refractivity contribution in [1.82, 2.24) is 5.32 Å². The molecule has 1 aliphatic rings. The van der Waals surface area contributed by atoms with Gasteiger partial charge in [0.05, 0.1) is 7.11 Å². The van der Waals surface area contributed by atoms with Gasteiger partial charge in [-0.3, -0.25) is 0 Å². The minimum Gasteiger partial charge on any atom is -0.496 e. The molecule has 1 saturated carbocycles. The molecular weight excluding hydrogens is 302 g/mol. The maximum atomic E-state index is 5.95. The average molecular weight is 319 g/mol. The normalized spacial score (nSPS) is 23.2. The number of rotatable bonds is 5. The zero-order chi connectivity index (χ0) is 12.3. The molecule has 4 heteroatoms. The summed E-state index contributed by atoms with van der Waals surface area (Å²) in [5.74, 6) is 1.68. The molecule has 2 nitrogen and oxygen atoms in total. The van der Waals surface area contributed by atoms with Crippen molar-refractivity contribution in [3.8, 4) is 5.75 Å². The van der Waals surface area contributed by atoms with E-state index in [0.29, 0.717) is 5.38 Å². The van der Waals surface area contributed by atoms with Crippen LogP contribution in [0.25, 0.3) is 0 Å². The molecule has 1 N–H and O–H groups in total. The Bertz CT molecular complexity index is 380. The SMILES string of the molecule is COc1ccc(Br)cc1CNCC1CC(Cl)C1. The van der Waals surface area contributed by atoms with Crippen LogP contribution in [-0.2, 0) is 6.54 Å². The minimum atomic E-state index is 0.405. The Hall–Kier alpha value is -0.250. The summed E-state index contributed by atoms with van der Waals surface area (Å²) in [5, 5.41) is 3.87. The summed E-state index contributed by atoms with van der Waals surface area (Å²) in [7, 11) is 1.71. The number of hydrogen-bond donors (Lipinski definition) is 1. The lowest BCUT2D eigenvalue weighted by Crippen LogP contribution is -2.33. The molecule has 1 aliphatic carbocycles. The first-order valence-corrected chi connectivity index (χ1v) is 7.09. The van der Waals surface area contributed by atoms with Crippen molar-refractivity contribution in [2.24, 2.45) is 5.92 Å². The van der Waals surface area contributed by atoms with Gasteiger partial charge in [0.15, 0.2) is 0 Å². The summed E-state index contributed by atoms with van der Waals surface area (Å²) in [6.45, 7) is 1.88. The molecule has 17 heavy (non-hydrogen) atoms. The average Bonchev–Trinajstić information content (AvgIpc) is 2.27. The molecule has 1 fully saturated rings. The predicted octanol–water partition coefficient (Wildman–Crippen LogP) is 3.56. The summed E-state index contributed by atoms with van der Waals surface area (Å²) >= 11 is 9.43. The van der Waals surface area contributed by atoms with Gasteiger partial charge in [-0.15, -0.1) is 11.6 Å². The summed E-state index contributed by atoms with van der Waals surface area (Å²) < 4.78 is 6.42. The fourth-order valence-corrected chi connectivity index (χ4v) is 3.03. The summed E-state index contributed by atoms with van der Waals surface area (Å²) in [6.07, 6.45) is 2.29. The first-order valence-electron chi connectivity index (χ1n) is 5.86. The molecule has 0 aliphatic heterocycles. The second-order valence-corrected chi connectivity index (χ2v) is 6.05. The van der Waals surface area contributed by atoms with Crippen LogP contribution < -0.4 is 10.1 Å². The smallest absolute Gasteiger partial charge is 0.123 e. The van der Waals surface area contributed by atoms with Gasteiger partial charge in [0.25, 0.3) is 0 Å². The van der Waals surface area contributed by atoms with Gasteiger partial charge in [-0.05, 0) is 43.5 Å². The standard InChI is InChI=1S/C13H17BrClNO/c1-17-13-3-2-11(14)6-10(13)8-16-7-9-4-12(15)5-9/h2-3,6,9,12,16H,4-5,7-8H2,1H3. The first-order chi connectivity index (χ1) is 8.19. The lowest BCUT2D eigenvalue weighted by Gasteiger charge is -2.31. The number of nitrogens with one attached hydrogen (secondary N) is 1. The van der Waals surface area contributed by atoms with Crippen molar-refractivity contribution in [1.29, 1.82) is 0 Å². The number of alkyl halides is 1. The highest BCUT2D eigenvalue weighted by atomic mass is 79.9. The van der Waals surface area contributed by atoms with Crippen LogP contribution in [0.3, 0.4) is 0 Å². The Morgan fingerprint density at radius 1 is 1.47 bits per heavy atom. The van der Waals surface area contributed by atoms with Gasteiger partial charge >= 0.3 is 0 Å². The second-order valence-electron chi connectivity index (χ2n) is 4.52. The largest absolute Gasteiger partial charge is 0.496 e. The van der Waals surface area contributed by atoms with E-state index >= 15 is 0 Å². The Kier molecular flexibility index (Phi) is 4.71. The van der Waals surface area contributed by atoms with Crippen molar-refractivity contribution >= 4 is 27.5 Å². The van der Waals surface area contributed by atoms with Crippen LogP contribution in [0.1, 0.15) is 18.4 Å². The molecule has 94 valence electrons. The van der Waals surface area contributed by atoms with Crippen molar-refractivity contribution in [2.75, 3.05) is 13.7 Å². The third kappa shape index (κ3) is 3.60. The van der Waals surface area contributed by atoms with Gasteiger partial charge in [0.2, 0.25) is 0 Å². The number of hydrogen-bond acceptors (Lipinski definition) is 2. The van der Waals surface area contributed by atoms with E-state index in [1.165, 1.54) is 5.56 Å². The van der Waals surface area contributed by atoms with E-state index in [4.69, 9.17) is 16.3 Å². The topological polar surface area (TPSA) is 21.3 Å². The molecule has 0 saturated heterocycles. The Labute approximate surface area is 116 Å². The lowest BCUT2D eigenvalue weighted by atomic mass is 9.85. The third-order valence-corrected chi connectivity index (χ3v) is 4.02. The fourth-order valence-electron chi connectivity index (χ4n) is 2.12. The van der Waals surface area contributed by atoms with Gasteiger partial charge in [-0.1, -0.05) is 15.9 Å². The molecule has 0 heterocycles. The Balaban J connectivity index is 1.83. The summed E-state index contributed by atoms with van der Waals surface area (Å²) in [4.78, 5) is 0. The zero-order valence-corrected chi connectivity index (χ0v) is 12.2. The van der Waals surface area contributed by atoms with E-state index in [9.17, 15) is 0 Å². The van der Waals surface area contributed by atoms with Gasteiger partial charge in [0, 0.05) is 22.0 Å². The van der Waals surface area contributed by atoms with E-state index in [1.54, 1.807) is 7.11 Å². The third-order valence-electron chi connectivity index (χ3n) is 3.17. The molecule has 0 aromatic heterocycles. The molecule has 0 spiro atoms. The molecular formula is C13H17BrClNO. The van der Waals surface area contributed by atoms with Crippen LogP contribution >= 0.6 is 27.5 Å². The summed E-state index contributed by atoms with van der Waals surface area (Å²) in [5.41, 5.74) is 1.18. The van der Waals surface area contributed by atoms with Crippen LogP contribution in [0.15, 0.2) is 22.7 Å². The van der Waals surface area contributed by atoms with Crippen molar-refractivity contribution < 1.29 is 4.74 Å². The van der Waals surface area contributed by atoms with E-state index in [2.05, 4.69) is 27.3 Å². The van der Waals surface area contributed by atoms with Crippen molar-refractivity contribution in [2.45, 2.75) is 24.8 Å². The maximum Gasteiger partial charge on any atom is 0.123 e. The Morgan fingerprint density at radius 3 is 2.88 bits per heavy atom. The van der Waals surface area contributed by atoms with E-state index in [0.717, 1.165) is 42.1 Å². The van der Waals surface area contributed by atoms with Crippen LogP contribution in [0, 0.1) is 5.92 Å². The van der Waals surface area contributed by atoms with E-state index < -0.39 is 0 Å². The number of halogens is 2. The highest BCUT2D eigenvalue weighted by Crippen LogP contribution is 2.31. The van der Waals surface area contributed by atoms with Crippen LogP contribution in [0.2, 0.25) is 0 Å². The Morgan fingerprint density at radius 2 is 2.24 bits per heavy atom. The van der Waals surface area contributed by atoms with Gasteiger partial charge in [-0.25, -0.2) is 0 Å². The molecule has 0 radical (unpaired) electrons. The highest BCUT2D eigenvalue weighted by Gasteiger charge is 2.26. The molecule has 0 atom stereocenters. The quantitative estimate of drug-likeness (QED) is 0.838. The maximum absolute atomic E-state index is 5.95. The molecule has 0 bridgehead atoms. The zero-order valence-electron chi connectivity index (χ0n) is 9.88. The van der Waals surface area contributed by atoms with Crippen LogP contribution in [-0.4, -0.2) is 19.0 Å². The highest BCUT2D eigenvalue weighted by molar-refractivity contribution is 9.10. The minimum absolute atomic E-state index is 0.405. The molecule has 2 rings (SSSR count). The number of benzene rings is 1. The number of ether oxygens (including phenoxy) is 1.